The Morgan fingerprint density at radius 2 is 1.59 bits per heavy atom. The van der Waals surface area contributed by atoms with Crippen LogP contribution in [0.4, 0.5) is 4.39 Å². The van der Waals surface area contributed by atoms with Gasteiger partial charge in [-0.05, 0) is 48.5 Å². The van der Waals surface area contributed by atoms with E-state index in [0.717, 1.165) is 0 Å². The normalized spacial score (nSPS) is 14.9. The number of methoxy groups -OCH3 is 1. The third-order valence-corrected chi connectivity index (χ3v) is 6.88. The number of halogens is 2. The summed E-state index contributed by atoms with van der Waals surface area (Å²) in [5.41, 5.74) is 0. The van der Waals surface area contributed by atoms with Gasteiger partial charge in [0.2, 0.25) is 10.0 Å². The monoisotopic (exact) mass is 487 g/mol. The van der Waals surface area contributed by atoms with Gasteiger partial charge in [-0.25, -0.2) is 12.8 Å². The van der Waals surface area contributed by atoms with Crippen LogP contribution in [0.5, 0.6) is 11.5 Å². The zero-order chi connectivity index (χ0) is 22.3. The molecule has 1 saturated heterocycles. The van der Waals surface area contributed by atoms with Crippen molar-refractivity contribution >= 4 is 28.3 Å². The maximum Gasteiger partial charge on any atom is 0.257 e. The van der Waals surface area contributed by atoms with Crippen molar-refractivity contribution in [2.24, 2.45) is 0 Å². The molecule has 1 amide bonds. The average molecular weight is 488 g/mol. The smallest absolute Gasteiger partial charge is 0.257 e. The Kier molecular flexibility index (Phi) is 9.70. The summed E-state index contributed by atoms with van der Waals surface area (Å²) in [7, 11) is -2.01. The SMILES string of the molecule is COc1ccc(S(=O)(=O)N2CCN(CCNC(=O)COc3ccc(F)cc3)CC2)cc1.Cl. The summed E-state index contributed by atoms with van der Waals surface area (Å²) < 4.78 is 50.3. The fourth-order valence-corrected chi connectivity index (χ4v) is 4.60. The van der Waals surface area contributed by atoms with Crippen LogP contribution in [0.3, 0.4) is 0 Å². The number of sulfonamides is 1. The molecule has 1 aliphatic heterocycles. The molecule has 8 nitrogen and oxygen atoms in total. The zero-order valence-electron chi connectivity index (χ0n) is 17.7. The predicted molar refractivity (Wildman–Crippen MR) is 120 cm³/mol. The van der Waals surface area contributed by atoms with Gasteiger partial charge in [-0.15, -0.1) is 12.4 Å². The molecule has 0 aromatic heterocycles. The minimum Gasteiger partial charge on any atom is -0.497 e. The lowest BCUT2D eigenvalue weighted by molar-refractivity contribution is -0.123. The maximum absolute atomic E-state index is 12.9. The van der Waals surface area contributed by atoms with E-state index in [1.54, 1.807) is 24.3 Å². The summed E-state index contributed by atoms with van der Waals surface area (Å²) in [4.78, 5) is 14.2. The first-order chi connectivity index (χ1) is 14.9. The fraction of sp³-hybridized carbons (Fsp3) is 0.381. The minimum atomic E-state index is -3.54. The Balaban J connectivity index is 0.00000363. The zero-order valence-corrected chi connectivity index (χ0v) is 19.3. The van der Waals surface area contributed by atoms with Crippen molar-refractivity contribution < 1.29 is 27.1 Å². The summed E-state index contributed by atoms with van der Waals surface area (Å²) >= 11 is 0. The molecule has 0 saturated carbocycles. The fourth-order valence-electron chi connectivity index (χ4n) is 3.17. The Labute approximate surface area is 193 Å². The number of hydrogen-bond acceptors (Lipinski definition) is 6. The highest BCUT2D eigenvalue weighted by molar-refractivity contribution is 7.89. The third-order valence-electron chi connectivity index (χ3n) is 4.96. The van der Waals surface area contributed by atoms with Crippen LogP contribution in [0.1, 0.15) is 0 Å². The summed E-state index contributed by atoms with van der Waals surface area (Å²) in [6.07, 6.45) is 0. The van der Waals surface area contributed by atoms with Gasteiger partial charge in [0.25, 0.3) is 5.91 Å². The van der Waals surface area contributed by atoms with Crippen molar-refractivity contribution in [3.63, 3.8) is 0 Å². The van der Waals surface area contributed by atoms with Crippen LogP contribution in [-0.2, 0) is 14.8 Å². The molecule has 3 rings (SSSR count). The Morgan fingerprint density at radius 1 is 1.00 bits per heavy atom. The highest BCUT2D eigenvalue weighted by Gasteiger charge is 2.28. The molecule has 1 aliphatic rings. The second-order valence-corrected chi connectivity index (χ2v) is 8.95. The number of carbonyl (C=O) groups excluding carboxylic acids is 1. The number of piperazine rings is 1. The molecule has 0 spiro atoms. The molecule has 1 N–H and O–H groups in total. The lowest BCUT2D eigenvalue weighted by Crippen LogP contribution is -2.50. The third kappa shape index (κ3) is 7.06. The van der Waals surface area contributed by atoms with E-state index in [9.17, 15) is 17.6 Å². The van der Waals surface area contributed by atoms with Crippen molar-refractivity contribution in [3.8, 4) is 11.5 Å². The van der Waals surface area contributed by atoms with Crippen LogP contribution < -0.4 is 14.8 Å². The Morgan fingerprint density at radius 3 is 2.19 bits per heavy atom. The first-order valence-corrected chi connectivity index (χ1v) is 11.3. The molecule has 176 valence electrons. The molecule has 0 radical (unpaired) electrons. The van der Waals surface area contributed by atoms with E-state index in [0.29, 0.717) is 50.8 Å². The molecule has 0 unspecified atom stereocenters. The minimum absolute atomic E-state index is 0. The lowest BCUT2D eigenvalue weighted by Gasteiger charge is -2.34. The Bertz CT molecular complexity index is 966. The highest BCUT2D eigenvalue weighted by Crippen LogP contribution is 2.20. The van der Waals surface area contributed by atoms with Crippen molar-refractivity contribution in [2.75, 3.05) is 53.0 Å². The van der Waals surface area contributed by atoms with Crippen molar-refractivity contribution in [2.45, 2.75) is 4.90 Å². The lowest BCUT2D eigenvalue weighted by atomic mass is 10.3. The number of carbonyl (C=O) groups is 1. The van der Waals surface area contributed by atoms with Gasteiger partial charge < -0.3 is 14.8 Å². The number of ether oxygens (including phenoxy) is 2. The van der Waals surface area contributed by atoms with Crippen molar-refractivity contribution in [1.82, 2.24) is 14.5 Å². The summed E-state index contributed by atoms with van der Waals surface area (Å²) in [6, 6.07) is 11.8. The van der Waals surface area contributed by atoms with Gasteiger partial charge in [-0.2, -0.15) is 4.31 Å². The predicted octanol–water partition coefficient (Wildman–Crippen LogP) is 1.76. The number of nitrogens with one attached hydrogen (secondary N) is 1. The van der Waals surface area contributed by atoms with Gasteiger partial charge in [-0.1, -0.05) is 0 Å². The highest BCUT2D eigenvalue weighted by atomic mass is 35.5. The topological polar surface area (TPSA) is 88.2 Å². The first kappa shape index (κ1) is 25.9. The molecular formula is C21H27ClFN3O5S. The van der Waals surface area contributed by atoms with E-state index in [-0.39, 0.29) is 35.6 Å². The van der Waals surface area contributed by atoms with Gasteiger partial charge in [-0.3, -0.25) is 9.69 Å². The van der Waals surface area contributed by atoms with Gasteiger partial charge in [0.15, 0.2) is 6.61 Å². The van der Waals surface area contributed by atoms with E-state index in [1.165, 1.54) is 35.7 Å². The van der Waals surface area contributed by atoms with Crippen molar-refractivity contribution in [1.29, 1.82) is 0 Å². The standard InChI is InChI=1S/C21H26FN3O5S.ClH/c1-29-18-6-8-20(9-7-18)31(27,28)25-14-12-24(13-15-25)11-10-23-21(26)16-30-19-4-2-17(22)3-5-19;/h2-9H,10-16H2,1H3,(H,23,26);1H. The van der Waals surface area contributed by atoms with Crippen LogP contribution in [0.15, 0.2) is 53.4 Å². The van der Waals surface area contributed by atoms with Crippen LogP contribution >= 0.6 is 12.4 Å². The van der Waals surface area contributed by atoms with Gasteiger partial charge in [0.1, 0.15) is 17.3 Å². The van der Waals surface area contributed by atoms with Crippen LogP contribution in [0.25, 0.3) is 0 Å². The second kappa shape index (κ2) is 12.0. The van der Waals surface area contributed by atoms with Crippen LogP contribution in [0.2, 0.25) is 0 Å². The molecule has 2 aromatic carbocycles. The second-order valence-electron chi connectivity index (χ2n) is 7.01. The number of hydrogen-bond donors (Lipinski definition) is 1. The van der Waals surface area contributed by atoms with E-state index in [2.05, 4.69) is 10.2 Å². The van der Waals surface area contributed by atoms with Gasteiger partial charge in [0.05, 0.1) is 12.0 Å². The van der Waals surface area contributed by atoms with Crippen molar-refractivity contribution in [3.05, 3.63) is 54.3 Å². The molecule has 0 aliphatic carbocycles. The summed E-state index contributed by atoms with van der Waals surface area (Å²) in [5.74, 6) is 0.387. The van der Waals surface area contributed by atoms with Crippen LogP contribution in [0, 0.1) is 5.82 Å². The van der Waals surface area contributed by atoms with E-state index >= 15 is 0 Å². The molecule has 11 heteroatoms. The number of rotatable bonds is 9. The summed E-state index contributed by atoms with van der Waals surface area (Å²) in [5, 5.41) is 2.77. The maximum atomic E-state index is 12.9. The molecule has 1 fully saturated rings. The van der Waals surface area contributed by atoms with E-state index in [1.807, 2.05) is 0 Å². The van der Waals surface area contributed by atoms with Gasteiger partial charge >= 0.3 is 0 Å². The molecular weight excluding hydrogens is 461 g/mol. The molecule has 32 heavy (non-hydrogen) atoms. The molecule has 0 atom stereocenters. The van der Waals surface area contributed by atoms with E-state index in [4.69, 9.17) is 9.47 Å². The van der Waals surface area contributed by atoms with Crippen LogP contribution in [-0.4, -0.2) is 76.5 Å². The van der Waals surface area contributed by atoms with E-state index < -0.39 is 10.0 Å². The van der Waals surface area contributed by atoms with Gasteiger partial charge in [0, 0.05) is 39.3 Å². The largest absolute Gasteiger partial charge is 0.497 e. The average Bonchev–Trinajstić information content (AvgIpc) is 2.79. The first-order valence-electron chi connectivity index (χ1n) is 9.90. The number of benzene rings is 2. The summed E-state index contributed by atoms with van der Waals surface area (Å²) in [6.45, 7) is 2.82. The Hall–Kier alpha value is -2.40. The quantitative estimate of drug-likeness (QED) is 0.580. The molecule has 0 bridgehead atoms. The molecule has 1 heterocycles. The molecule has 2 aromatic rings. The number of amides is 1. The number of nitrogens with zero attached hydrogens (tertiary/aromatic N) is 2.